The van der Waals surface area contributed by atoms with Gasteiger partial charge in [-0.1, -0.05) is 42.0 Å². The van der Waals surface area contributed by atoms with Crippen LogP contribution in [0.5, 0.6) is 0 Å². The number of benzene rings is 2. The predicted octanol–water partition coefficient (Wildman–Crippen LogP) is 4.35. The molecule has 152 valence electrons. The number of carbonyl (C=O) groups is 1. The lowest BCUT2D eigenvalue weighted by molar-refractivity contribution is 0.102. The van der Waals surface area contributed by atoms with Crippen molar-refractivity contribution < 1.29 is 4.79 Å². The zero-order chi connectivity index (χ0) is 21.1. The van der Waals surface area contributed by atoms with Crippen molar-refractivity contribution in [1.29, 1.82) is 0 Å². The minimum atomic E-state index is -0.156. The third kappa shape index (κ3) is 4.49. The third-order valence-corrected chi connectivity index (χ3v) is 5.00. The molecule has 0 aliphatic heterocycles. The molecule has 1 N–H and O–H groups in total. The minimum Gasteiger partial charge on any atom is -0.307 e. The van der Waals surface area contributed by atoms with Crippen LogP contribution in [0.25, 0.3) is 0 Å². The van der Waals surface area contributed by atoms with Crippen molar-refractivity contribution in [2.45, 2.75) is 33.9 Å². The number of nitrogens with one attached hydrogen (secondary N) is 1. The molecule has 0 saturated carbocycles. The predicted molar refractivity (Wildman–Crippen MR) is 118 cm³/mol. The Kier molecular flexibility index (Phi) is 5.48. The van der Waals surface area contributed by atoms with Gasteiger partial charge in [0.1, 0.15) is 5.82 Å². The van der Waals surface area contributed by atoms with Gasteiger partial charge in [0.25, 0.3) is 5.91 Å². The Hall–Kier alpha value is -3.67. The van der Waals surface area contributed by atoms with E-state index in [0.717, 1.165) is 22.5 Å². The first kappa shape index (κ1) is 19.6. The van der Waals surface area contributed by atoms with Crippen LogP contribution < -0.4 is 5.32 Å². The van der Waals surface area contributed by atoms with Crippen LogP contribution >= 0.6 is 0 Å². The van der Waals surface area contributed by atoms with E-state index in [1.807, 2.05) is 61.0 Å². The van der Waals surface area contributed by atoms with E-state index in [1.54, 1.807) is 10.9 Å². The second kappa shape index (κ2) is 8.37. The third-order valence-electron chi connectivity index (χ3n) is 5.00. The first-order valence-electron chi connectivity index (χ1n) is 9.96. The lowest BCUT2D eigenvalue weighted by Crippen LogP contribution is -2.16. The van der Waals surface area contributed by atoms with E-state index in [1.165, 1.54) is 5.56 Å². The molecule has 0 radical (unpaired) electrons. The number of hydrogen-bond donors (Lipinski definition) is 1. The van der Waals surface area contributed by atoms with E-state index in [-0.39, 0.29) is 5.91 Å². The first-order valence-corrected chi connectivity index (χ1v) is 9.96. The van der Waals surface area contributed by atoms with Crippen molar-refractivity contribution in [3.8, 4) is 0 Å². The zero-order valence-electron chi connectivity index (χ0n) is 17.5. The Morgan fingerprint density at radius 2 is 1.63 bits per heavy atom. The topological polar surface area (TPSA) is 64.7 Å². The van der Waals surface area contributed by atoms with Gasteiger partial charge in [0, 0.05) is 17.3 Å². The largest absolute Gasteiger partial charge is 0.307 e. The van der Waals surface area contributed by atoms with E-state index in [0.29, 0.717) is 24.5 Å². The average molecular weight is 399 g/mol. The summed E-state index contributed by atoms with van der Waals surface area (Å²) in [4.78, 5) is 12.9. The fraction of sp³-hybridized carbons (Fsp3) is 0.208. The number of anilines is 1. The van der Waals surface area contributed by atoms with Gasteiger partial charge in [0.15, 0.2) is 0 Å². The maximum atomic E-state index is 12.9. The van der Waals surface area contributed by atoms with Gasteiger partial charge in [-0.05, 0) is 50.1 Å². The molecule has 4 rings (SSSR count). The molecule has 6 nitrogen and oxygen atoms in total. The number of hydrogen-bond acceptors (Lipinski definition) is 3. The van der Waals surface area contributed by atoms with Gasteiger partial charge in [0.05, 0.1) is 25.0 Å². The summed E-state index contributed by atoms with van der Waals surface area (Å²) in [5.41, 5.74) is 6.07. The standard InChI is InChI=1S/C24H25N5O/c1-17-6-4-7-20(12-17)16-29-23(10-11-25-29)26-24(30)22-9-5-8-21(14-22)15-28-19(3)13-18(2)27-28/h4-14H,15-16H2,1-3H3,(H,26,30). The van der Waals surface area contributed by atoms with Crippen LogP contribution in [-0.4, -0.2) is 25.5 Å². The molecule has 0 aliphatic rings. The van der Waals surface area contributed by atoms with Crippen molar-refractivity contribution in [2.75, 3.05) is 5.32 Å². The highest BCUT2D eigenvalue weighted by Gasteiger charge is 2.11. The molecule has 0 bridgehead atoms. The molecule has 30 heavy (non-hydrogen) atoms. The molecule has 2 aromatic carbocycles. The summed E-state index contributed by atoms with van der Waals surface area (Å²) < 4.78 is 3.75. The molecule has 0 saturated heterocycles. The van der Waals surface area contributed by atoms with E-state index in [9.17, 15) is 4.79 Å². The Morgan fingerprint density at radius 3 is 2.37 bits per heavy atom. The van der Waals surface area contributed by atoms with Crippen LogP contribution in [0.3, 0.4) is 0 Å². The van der Waals surface area contributed by atoms with E-state index in [2.05, 4.69) is 40.6 Å². The lowest BCUT2D eigenvalue weighted by Gasteiger charge is -2.11. The van der Waals surface area contributed by atoms with Gasteiger partial charge in [-0.3, -0.25) is 9.48 Å². The van der Waals surface area contributed by atoms with Gasteiger partial charge >= 0.3 is 0 Å². The summed E-state index contributed by atoms with van der Waals surface area (Å²) in [6, 6.07) is 19.8. The monoisotopic (exact) mass is 399 g/mol. The summed E-state index contributed by atoms with van der Waals surface area (Å²) in [5.74, 6) is 0.515. The van der Waals surface area contributed by atoms with E-state index < -0.39 is 0 Å². The van der Waals surface area contributed by atoms with Gasteiger partial charge < -0.3 is 5.32 Å². The maximum Gasteiger partial charge on any atom is 0.256 e. The first-order chi connectivity index (χ1) is 14.5. The van der Waals surface area contributed by atoms with Gasteiger partial charge in [-0.25, -0.2) is 4.68 Å². The second-order valence-electron chi connectivity index (χ2n) is 7.60. The normalized spacial score (nSPS) is 10.9. The summed E-state index contributed by atoms with van der Waals surface area (Å²) in [6.45, 7) is 7.31. The van der Waals surface area contributed by atoms with Crippen molar-refractivity contribution >= 4 is 11.7 Å². The molecule has 2 heterocycles. The van der Waals surface area contributed by atoms with Crippen LogP contribution in [0.15, 0.2) is 66.9 Å². The maximum absolute atomic E-state index is 12.9. The lowest BCUT2D eigenvalue weighted by atomic mass is 10.1. The van der Waals surface area contributed by atoms with Gasteiger partial charge in [-0.15, -0.1) is 0 Å². The summed E-state index contributed by atoms with van der Waals surface area (Å²) >= 11 is 0. The van der Waals surface area contributed by atoms with Crippen LogP contribution in [-0.2, 0) is 13.1 Å². The number of rotatable bonds is 6. The fourth-order valence-corrected chi connectivity index (χ4v) is 3.56. The minimum absolute atomic E-state index is 0.156. The second-order valence-corrected chi connectivity index (χ2v) is 7.60. The molecule has 0 atom stereocenters. The summed E-state index contributed by atoms with van der Waals surface area (Å²) in [5, 5.41) is 11.9. The average Bonchev–Trinajstić information content (AvgIpc) is 3.27. The Balaban J connectivity index is 1.48. The Labute approximate surface area is 176 Å². The van der Waals surface area contributed by atoms with Crippen molar-refractivity contribution in [1.82, 2.24) is 19.6 Å². The molecule has 0 unspecified atom stereocenters. The number of aromatic nitrogens is 4. The number of carbonyl (C=O) groups excluding carboxylic acids is 1. The molecule has 4 aromatic rings. The van der Waals surface area contributed by atoms with Gasteiger partial charge in [-0.2, -0.15) is 10.2 Å². The SMILES string of the molecule is Cc1cccc(Cn2nccc2NC(=O)c2cccc(Cn3nc(C)cc3C)c2)c1. The van der Waals surface area contributed by atoms with Gasteiger partial charge in [0.2, 0.25) is 0 Å². The van der Waals surface area contributed by atoms with Crippen molar-refractivity contribution in [3.05, 3.63) is 101 Å². The van der Waals surface area contributed by atoms with Crippen LogP contribution in [0.2, 0.25) is 0 Å². The molecule has 0 fully saturated rings. The Morgan fingerprint density at radius 1 is 0.900 bits per heavy atom. The van der Waals surface area contributed by atoms with Crippen molar-refractivity contribution in [2.24, 2.45) is 0 Å². The molecule has 0 spiro atoms. The van der Waals surface area contributed by atoms with Crippen molar-refractivity contribution in [3.63, 3.8) is 0 Å². The van der Waals surface area contributed by atoms with Crippen LogP contribution in [0.4, 0.5) is 5.82 Å². The van der Waals surface area contributed by atoms with Crippen LogP contribution in [0, 0.1) is 20.8 Å². The fourth-order valence-electron chi connectivity index (χ4n) is 3.56. The molecule has 0 aliphatic carbocycles. The molecular formula is C24H25N5O. The smallest absolute Gasteiger partial charge is 0.256 e. The van der Waals surface area contributed by atoms with E-state index >= 15 is 0 Å². The molecular weight excluding hydrogens is 374 g/mol. The van der Waals surface area contributed by atoms with E-state index in [4.69, 9.17) is 0 Å². The quantitative estimate of drug-likeness (QED) is 0.524. The summed E-state index contributed by atoms with van der Waals surface area (Å²) in [6.07, 6.45) is 1.70. The highest BCUT2D eigenvalue weighted by Crippen LogP contribution is 2.15. The highest BCUT2D eigenvalue weighted by molar-refractivity contribution is 6.03. The number of nitrogens with zero attached hydrogens (tertiary/aromatic N) is 4. The highest BCUT2D eigenvalue weighted by atomic mass is 16.1. The number of amides is 1. The summed E-state index contributed by atoms with van der Waals surface area (Å²) in [7, 11) is 0. The zero-order valence-corrected chi connectivity index (χ0v) is 17.5. The van der Waals surface area contributed by atoms with Crippen LogP contribution in [0.1, 0.15) is 38.4 Å². The molecule has 6 heteroatoms. The molecule has 1 amide bonds. The number of aryl methyl sites for hydroxylation is 3. The molecule has 2 aromatic heterocycles. The Bertz CT molecular complexity index is 1190.